The number of nitrogens with zero attached hydrogens (tertiary/aromatic N) is 1. The minimum Gasteiger partial charge on any atom is -0.393 e. The number of aliphatic hydroxyl groups is 2. The lowest BCUT2D eigenvalue weighted by Gasteiger charge is -2.30. The molecule has 124 valence electrons. The van der Waals surface area contributed by atoms with Crippen LogP contribution in [0.5, 0.6) is 0 Å². The van der Waals surface area contributed by atoms with Crippen LogP contribution >= 0.6 is 0 Å². The van der Waals surface area contributed by atoms with Gasteiger partial charge in [0, 0.05) is 12.3 Å². The molecule has 2 heterocycles. The van der Waals surface area contributed by atoms with Crippen molar-refractivity contribution in [2.45, 2.75) is 50.8 Å². The molecule has 0 aromatic carbocycles. The van der Waals surface area contributed by atoms with E-state index in [1.165, 1.54) is 0 Å². The zero-order valence-electron chi connectivity index (χ0n) is 12.5. The number of aliphatic hydroxyl groups excluding tert-OH is 2. The molecule has 0 amide bonds. The summed E-state index contributed by atoms with van der Waals surface area (Å²) >= 11 is 0. The molecule has 0 aliphatic carbocycles. The number of rotatable bonds is 5. The third-order valence-corrected chi connectivity index (χ3v) is 4.01. The number of H-pyrrole nitrogens is 1. The number of halogens is 1. The number of hydrogen-bond donors (Lipinski definition) is 3. The topological polar surface area (TPSA) is 105 Å². The first-order valence-electron chi connectivity index (χ1n) is 7.23. The molecule has 7 nitrogen and oxygen atoms in total. The Kier molecular flexibility index (Phi) is 4.84. The standard InChI is InChI=1S/C14H21FN2O5/c1-8(2)3-5-14(7-18)11(20)10(15)12(22-14)17-6-4-9(19)16-13(17)21/h4,6,8,10-12,18,20H,3,5,7H2,1-2H3,(H,16,19,21). The molecule has 1 aliphatic heterocycles. The molecule has 2 rings (SSSR count). The smallest absolute Gasteiger partial charge is 0.330 e. The number of hydrogen-bond acceptors (Lipinski definition) is 5. The van der Waals surface area contributed by atoms with E-state index >= 15 is 0 Å². The lowest BCUT2D eigenvalue weighted by Crippen LogP contribution is -2.45. The summed E-state index contributed by atoms with van der Waals surface area (Å²) in [7, 11) is 0. The van der Waals surface area contributed by atoms with Crippen LogP contribution in [0.2, 0.25) is 0 Å². The highest BCUT2D eigenvalue weighted by molar-refractivity contribution is 5.02. The Labute approximate surface area is 126 Å². The van der Waals surface area contributed by atoms with Gasteiger partial charge in [0.1, 0.15) is 11.7 Å². The lowest BCUT2D eigenvalue weighted by molar-refractivity contribution is -0.134. The van der Waals surface area contributed by atoms with Crippen LogP contribution in [0.1, 0.15) is 32.9 Å². The zero-order chi connectivity index (χ0) is 16.5. The molecular weight excluding hydrogens is 295 g/mol. The summed E-state index contributed by atoms with van der Waals surface area (Å²) in [5.41, 5.74) is -2.89. The molecule has 0 saturated carbocycles. The van der Waals surface area contributed by atoms with Crippen molar-refractivity contribution in [3.8, 4) is 0 Å². The first-order chi connectivity index (χ1) is 10.3. The highest BCUT2D eigenvalue weighted by Gasteiger charge is 2.55. The van der Waals surface area contributed by atoms with E-state index in [0.29, 0.717) is 6.42 Å². The minimum absolute atomic E-state index is 0.261. The van der Waals surface area contributed by atoms with Gasteiger partial charge < -0.3 is 14.9 Å². The van der Waals surface area contributed by atoms with E-state index in [0.717, 1.165) is 16.8 Å². The van der Waals surface area contributed by atoms with Crippen molar-refractivity contribution in [2.75, 3.05) is 6.61 Å². The van der Waals surface area contributed by atoms with Crippen LogP contribution in [0.25, 0.3) is 0 Å². The van der Waals surface area contributed by atoms with Crippen LogP contribution in [0.4, 0.5) is 4.39 Å². The van der Waals surface area contributed by atoms with Gasteiger partial charge in [0.05, 0.1) is 6.61 Å². The molecule has 8 heteroatoms. The first-order valence-corrected chi connectivity index (χ1v) is 7.23. The van der Waals surface area contributed by atoms with Gasteiger partial charge in [0.2, 0.25) is 0 Å². The minimum atomic E-state index is -1.89. The number of alkyl halides is 1. The summed E-state index contributed by atoms with van der Waals surface area (Å²) in [5.74, 6) is 0.284. The molecule has 0 spiro atoms. The van der Waals surface area contributed by atoms with Crippen molar-refractivity contribution in [2.24, 2.45) is 5.92 Å². The van der Waals surface area contributed by atoms with Crippen molar-refractivity contribution < 1.29 is 19.3 Å². The lowest BCUT2D eigenvalue weighted by atomic mass is 9.89. The van der Waals surface area contributed by atoms with E-state index in [2.05, 4.69) is 0 Å². The molecule has 0 radical (unpaired) electrons. The fourth-order valence-corrected chi connectivity index (χ4v) is 2.61. The summed E-state index contributed by atoms with van der Waals surface area (Å²) in [5, 5.41) is 19.7. The Morgan fingerprint density at radius 1 is 1.50 bits per heavy atom. The van der Waals surface area contributed by atoms with Gasteiger partial charge in [-0.3, -0.25) is 14.3 Å². The van der Waals surface area contributed by atoms with Gasteiger partial charge in [-0.15, -0.1) is 0 Å². The van der Waals surface area contributed by atoms with Gasteiger partial charge in [-0.05, 0) is 18.8 Å². The maximum absolute atomic E-state index is 14.4. The summed E-state index contributed by atoms with van der Waals surface area (Å²) in [6, 6.07) is 1.07. The SMILES string of the molecule is CC(C)CCC1(CO)OC(n2ccc(=O)[nH]c2=O)C(F)C1O. The van der Waals surface area contributed by atoms with Crippen molar-refractivity contribution >= 4 is 0 Å². The quantitative estimate of drug-likeness (QED) is 0.705. The highest BCUT2D eigenvalue weighted by Crippen LogP contribution is 2.41. The van der Waals surface area contributed by atoms with Gasteiger partial charge in [-0.2, -0.15) is 0 Å². The van der Waals surface area contributed by atoms with E-state index in [1.54, 1.807) is 0 Å². The van der Waals surface area contributed by atoms with Crippen LogP contribution in [0.15, 0.2) is 21.9 Å². The van der Waals surface area contributed by atoms with Crippen LogP contribution in [-0.4, -0.2) is 44.2 Å². The number of aromatic amines is 1. The fourth-order valence-electron chi connectivity index (χ4n) is 2.61. The van der Waals surface area contributed by atoms with E-state index < -0.39 is 42.0 Å². The van der Waals surface area contributed by atoms with Crippen molar-refractivity contribution in [3.05, 3.63) is 33.1 Å². The van der Waals surface area contributed by atoms with E-state index in [1.807, 2.05) is 18.8 Å². The summed E-state index contributed by atoms with van der Waals surface area (Å²) < 4.78 is 20.8. The average Bonchev–Trinajstić information content (AvgIpc) is 2.71. The van der Waals surface area contributed by atoms with Gasteiger partial charge in [0.15, 0.2) is 12.4 Å². The molecule has 1 aromatic heterocycles. The van der Waals surface area contributed by atoms with Gasteiger partial charge >= 0.3 is 5.69 Å². The van der Waals surface area contributed by atoms with Crippen LogP contribution in [0.3, 0.4) is 0 Å². The molecule has 1 fully saturated rings. The second-order valence-electron chi connectivity index (χ2n) is 6.07. The van der Waals surface area contributed by atoms with E-state index in [9.17, 15) is 24.2 Å². The molecular formula is C14H21FN2O5. The second kappa shape index (κ2) is 6.31. The number of nitrogens with one attached hydrogen (secondary N) is 1. The molecule has 4 atom stereocenters. The van der Waals surface area contributed by atoms with Gasteiger partial charge in [-0.25, -0.2) is 9.18 Å². The van der Waals surface area contributed by atoms with Crippen molar-refractivity contribution in [3.63, 3.8) is 0 Å². The maximum Gasteiger partial charge on any atom is 0.330 e. The Balaban J connectivity index is 2.32. The Hall–Kier alpha value is -1.51. The Morgan fingerprint density at radius 3 is 2.73 bits per heavy atom. The zero-order valence-corrected chi connectivity index (χ0v) is 12.5. The summed E-state index contributed by atoms with van der Waals surface area (Å²) in [4.78, 5) is 24.8. The van der Waals surface area contributed by atoms with Crippen LogP contribution in [0, 0.1) is 5.92 Å². The molecule has 1 aliphatic rings. The van der Waals surface area contributed by atoms with Crippen LogP contribution < -0.4 is 11.2 Å². The van der Waals surface area contributed by atoms with E-state index in [4.69, 9.17) is 4.74 Å². The summed E-state index contributed by atoms with van der Waals surface area (Å²) in [6.07, 6.45) is -2.84. The molecule has 4 unspecified atom stereocenters. The fraction of sp³-hybridized carbons (Fsp3) is 0.714. The van der Waals surface area contributed by atoms with Gasteiger partial charge in [0.25, 0.3) is 5.56 Å². The predicted octanol–water partition coefficient (Wildman–Crippen LogP) is -0.0683. The Morgan fingerprint density at radius 2 is 2.18 bits per heavy atom. The van der Waals surface area contributed by atoms with E-state index in [-0.39, 0.29) is 12.3 Å². The Bertz CT molecular complexity index is 628. The van der Waals surface area contributed by atoms with Crippen molar-refractivity contribution in [1.29, 1.82) is 0 Å². The number of aromatic nitrogens is 2. The predicted molar refractivity (Wildman–Crippen MR) is 76.2 cm³/mol. The molecule has 22 heavy (non-hydrogen) atoms. The summed E-state index contributed by atoms with van der Waals surface area (Å²) in [6.45, 7) is 3.36. The second-order valence-corrected chi connectivity index (χ2v) is 6.07. The third kappa shape index (κ3) is 2.99. The molecule has 3 N–H and O–H groups in total. The average molecular weight is 316 g/mol. The number of ether oxygens (including phenoxy) is 1. The van der Waals surface area contributed by atoms with Crippen molar-refractivity contribution in [1.82, 2.24) is 9.55 Å². The molecule has 1 saturated heterocycles. The monoisotopic (exact) mass is 316 g/mol. The van der Waals surface area contributed by atoms with Gasteiger partial charge in [-0.1, -0.05) is 13.8 Å². The maximum atomic E-state index is 14.4. The largest absolute Gasteiger partial charge is 0.393 e. The molecule has 0 bridgehead atoms. The highest BCUT2D eigenvalue weighted by atomic mass is 19.1. The van der Waals surface area contributed by atoms with Crippen LogP contribution in [-0.2, 0) is 4.74 Å². The third-order valence-electron chi connectivity index (χ3n) is 4.01. The first kappa shape index (κ1) is 16.9. The normalized spacial score (nSPS) is 31.8. The molecule has 1 aromatic rings.